The van der Waals surface area contributed by atoms with Gasteiger partial charge in [-0.15, -0.1) is 0 Å². The van der Waals surface area contributed by atoms with E-state index in [4.69, 9.17) is 20.2 Å². The Labute approximate surface area is 262 Å². The molecular weight excluding hydrogens is 568 g/mol. The van der Waals surface area contributed by atoms with Crippen molar-refractivity contribution in [3.05, 3.63) is 95.6 Å². The zero-order chi connectivity index (χ0) is 31.9. The number of carbonyl (C=O) groups excluding carboxylic acids is 3. The van der Waals surface area contributed by atoms with Gasteiger partial charge >= 0.3 is 11.9 Å². The first-order chi connectivity index (χ1) is 21.7. The molecule has 0 aliphatic heterocycles. The molecule has 9 nitrogen and oxygen atoms in total. The molecule has 0 saturated heterocycles. The number of unbranched alkanes of at least 4 members (excludes halogenated alkanes) is 2. The van der Waals surface area contributed by atoms with E-state index in [0.717, 1.165) is 64.2 Å². The highest BCUT2D eigenvalue weighted by atomic mass is 16.6. The molecule has 0 saturated carbocycles. The third kappa shape index (κ3) is 7.80. The number of likely N-dealkylation sites (N-methyl/N-ethyl adjacent to an activating group) is 1. The van der Waals surface area contributed by atoms with Crippen LogP contribution in [0.1, 0.15) is 47.7 Å². The third-order valence-corrected chi connectivity index (χ3v) is 7.53. The molecule has 5 rings (SSSR count). The number of aryl methyl sites for hydroxylation is 2. The van der Waals surface area contributed by atoms with Crippen LogP contribution < -0.4 is 15.4 Å². The monoisotopic (exact) mass is 604 g/mol. The second-order valence-electron chi connectivity index (χ2n) is 11.1. The lowest BCUT2D eigenvalue weighted by atomic mass is 9.96. The molecule has 0 fully saturated rings. The molecule has 2 aromatic heterocycles. The molecule has 9 heteroatoms. The normalized spacial score (nSPS) is 11.0. The molecule has 0 aliphatic carbocycles. The lowest BCUT2D eigenvalue weighted by molar-refractivity contribution is -0.160. The maximum Gasteiger partial charge on any atom is 0.351 e. The van der Waals surface area contributed by atoms with Gasteiger partial charge in [0.1, 0.15) is 12.4 Å². The predicted octanol–water partition coefficient (Wildman–Crippen LogP) is 6.18. The second kappa shape index (κ2) is 14.0. The molecule has 0 aliphatic rings. The Hall–Kier alpha value is -5.31. The molecule has 1 amide bonds. The lowest BCUT2D eigenvalue weighted by Gasteiger charge is -2.20. The second-order valence-corrected chi connectivity index (χ2v) is 11.1. The fourth-order valence-corrected chi connectivity index (χ4v) is 5.17. The average Bonchev–Trinajstić information content (AvgIpc) is 3.03. The molecular formula is C36H36N4O5. The number of carbonyl (C=O) groups is 3. The summed E-state index contributed by atoms with van der Waals surface area (Å²) in [6.07, 6.45) is 4.33. The summed E-state index contributed by atoms with van der Waals surface area (Å²) in [5.74, 6) is -1.34. The first-order valence-corrected chi connectivity index (χ1v) is 15.0. The Bertz CT molecular complexity index is 1890. The Balaban J connectivity index is 1.31. The number of amides is 1. The van der Waals surface area contributed by atoms with Gasteiger partial charge in [-0.05, 0) is 85.0 Å². The first-order valence-electron chi connectivity index (χ1n) is 15.0. The van der Waals surface area contributed by atoms with Crippen molar-refractivity contribution in [2.24, 2.45) is 5.73 Å². The molecule has 0 atom stereocenters. The summed E-state index contributed by atoms with van der Waals surface area (Å²) in [5.41, 5.74) is 11.4. The summed E-state index contributed by atoms with van der Waals surface area (Å²) in [7, 11) is 1.69. The number of esters is 2. The van der Waals surface area contributed by atoms with Crippen molar-refractivity contribution < 1.29 is 23.9 Å². The third-order valence-electron chi connectivity index (χ3n) is 7.53. The number of hydrogen-bond acceptors (Lipinski definition) is 8. The summed E-state index contributed by atoms with van der Waals surface area (Å²) >= 11 is 0. The van der Waals surface area contributed by atoms with E-state index in [2.05, 4.69) is 24.0 Å². The minimum atomic E-state index is -0.828. The fraction of sp³-hybridized carbons (Fsp3) is 0.250. The Morgan fingerprint density at radius 2 is 1.69 bits per heavy atom. The number of primary amides is 1. The van der Waals surface area contributed by atoms with Gasteiger partial charge < -0.3 is 20.1 Å². The van der Waals surface area contributed by atoms with Crippen LogP contribution in [0.2, 0.25) is 0 Å². The summed E-state index contributed by atoms with van der Waals surface area (Å²) in [6, 6.07) is 24.5. The van der Waals surface area contributed by atoms with E-state index in [0.29, 0.717) is 11.4 Å². The minimum Gasteiger partial charge on any atom is -0.466 e. The van der Waals surface area contributed by atoms with Gasteiger partial charge in [0, 0.05) is 29.4 Å². The van der Waals surface area contributed by atoms with Crippen molar-refractivity contribution in [3.8, 4) is 17.0 Å². The van der Waals surface area contributed by atoms with Crippen LogP contribution in [0.5, 0.6) is 5.88 Å². The van der Waals surface area contributed by atoms with Gasteiger partial charge in [0.2, 0.25) is 11.8 Å². The van der Waals surface area contributed by atoms with Crippen LogP contribution in [-0.2, 0) is 20.7 Å². The number of pyridine rings is 2. The van der Waals surface area contributed by atoms with Gasteiger partial charge in [-0.3, -0.25) is 4.79 Å². The first kappa shape index (κ1) is 31.1. The zero-order valence-corrected chi connectivity index (χ0v) is 25.7. The Kier molecular flexibility index (Phi) is 9.67. The summed E-state index contributed by atoms with van der Waals surface area (Å²) < 4.78 is 10.5. The van der Waals surface area contributed by atoms with Crippen molar-refractivity contribution in [2.45, 2.75) is 39.5 Å². The van der Waals surface area contributed by atoms with Crippen LogP contribution in [0, 0.1) is 6.92 Å². The van der Waals surface area contributed by atoms with Crippen molar-refractivity contribution >= 4 is 45.5 Å². The van der Waals surface area contributed by atoms with Crippen molar-refractivity contribution in [1.29, 1.82) is 0 Å². The van der Waals surface area contributed by atoms with E-state index in [9.17, 15) is 14.4 Å². The van der Waals surface area contributed by atoms with E-state index in [-0.39, 0.29) is 12.4 Å². The summed E-state index contributed by atoms with van der Waals surface area (Å²) in [6.45, 7) is 3.48. The van der Waals surface area contributed by atoms with Crippen LogP contribution in [0.15, 0.2) is 78.9 Å². The van der Waals surface area contributed by atoms with Gasteiger partial charge in [-0.1, -0.05) is 49.6 Å². The smallest absolute Gasteiger partial charge is 0.351 e. The molecule has 0 radical (unpaired) electrons. The molecule has 3 aromatic carbocycles. The van der Waals surface area contributed by atoms with Gasteiger partial charge in [-0.2, -0.15) is 0 Å². The van der Waals surface area contributed by atoms with E-state index in [1.807, 2.05) is 49.4 Å². The molecule has 0 bridgehead atoms. The molecule has 0 spiro atoms. The number of rotatable bonds is 12. The van der Waals surface area contributed by atoms with Crippen molar-refractivity contribution in [1.82, 2.24) is 9.97 Å². The topological polar surface area (TPSA) is 125 Å². The van der Waals surface area contributed by atoms with Crippen LogP contribution >= 0.6 is 0 Å². The van der Waals surface area contributed by atoms with E-state index >= 15 is 0 Å². The number of ether oxygens (including phenoxy) is 2. The number of anilines is 1. The molecule has 2 heterocycles. The van der Waals surface area contributed by atoms with Crippen molar-refractivity contribution in [3.63, 3.8) is 0 Å². The zero-order valence-electron chi connectivity index (χ0n) is 25.7. The number of hydrogen-bond donors (Lipinski definition) is 1. The predicted molar refractivity (Wildman–Crippen MR) is 175 cm³/mol. The van der Waals surface area contributed by atoms with Gasteiger partial charge in [0.05, 0.1) is 11.0 Å². The molecule has 0 unspecified atom stereocenters. The van der Waals surface area contributed by atoms with Gasteiger partial charge in [-0.25, -0.2) is 19.6 Å². The number of fused-ring (bicyclic) bond motifs is 2. The molecule has 45 heavy (non-hydrogen) atoms. The maximum absolute atomic E-state index is 12.7. The Morgan fingerprint density at radius 1 is 0.867 bits per heavy atom. The SMILES string of the molecule is CCCCCc1ccc2nc(N(C)CC(=O)OC(=O)COc3ccc4cc(C)ccc4n3)cc(-c3cccc(C(N)=O)c3)c2c1. The lowest BCUT2D eigenvalue weighted by Crippen LogP contribution is -2.30. The largest absolute Gasteiger partial charge is 0.466 e. The van der Waals surface area contributed by atoms with Crippen LogP contribution in [-0.4, -0.2) is 48.0 Å². The van der Waals surface area contributed by atoms with Crippen LogP contribution in [0.3, 0.4) is 0 Å². The Morgan fingerprint density at radius 3 is 2.49 bits per heavy atom. The van der Waals surface area contributed by atoms with Crippen LogP contribution in [0.4, 0.5) is 5.82 Å². The number of nitrogens with zero attached hydrogens (tertiary/aromatic N) is 3. The van der Waals surface area contributed by atoms with Crippen LogP contribution in [0.25, 0.3) is 32.9 Å². The quantitative estimate of drug-likeness (QED) is 0.102. The summed E-state index contributed by atoms with van der Waals surface area (Å²) in [4.78, 5) is 47.9. The molecule has 230 valence electrons. The number of benzene rings is 3. The average molecular weight is 605 g/mol. The van der Waals surface area contributed by atoms with Crippen molar-refractivity contribution in [2.75, 3.05) is 25.1 Å². The highest BCUT2D eigenvalue weighted by Gasteiger charge is 2.18. The molecule has 5 aromatic rings. The fourth-order valence-electron chi connectivity index (χ4n) is 5.17. The number of aromatic nitrogens is 2. The van der Waals surface area contributed by atoms with E-state index < -0.39 is 24.5 Å². The highest BCUT2D eigenvalue weighted by Crippen LogP contribution is 2.33. The summed E-state index contributed by atoms with van der Waals surface area (Å²) in [5, 5.41) is 1.89. The highest BCUT2D eigenvalue weighted by molar-refractivity contribution is 5.99. The van der Waals surface area contributed by atoms with E-state index in [1.54, 1.807) is 36.2 Å². The van der Waals surface area contributed by atoms with Gasteiger partial charge in [0.15, 0.2) is 6.61 Å². The van der Waals surface area contributed by atoms with Gasteiger partial charge in [0.25, 0.3) is 0 Å². The number of nitrogens with two attached hydrogens (primary N) is 1. The maximum atomic E-state index is 12.7. The standard InChI is InChI=1S/C36H36N4O5/c1-4-5-6-8-24-12-15-31-29(18-24)28(25-9-7-10-27(19-25)36(37)43)20-32(38-31)40(3)21-34(41)45-35(42)22-44-33-16-13-26-17-23(2)11-14-30(26)39-33/h7,9-20H,4-6,8,21-22H2,1-3H3,(H2,37,43). The van der Waals surface area contributed by atoms with E-state index in [1.165, 1.54) is 5.56 Å². The minimum absolute atomic E-state index is 0.228. The molecule has 2 N–H and O–H groups in total.